The fraction of sp³-hybridized carbons (Fsp3) is 0.100. The van der Waals surface area contributed by atoms with Crippen molar-refractivity contribution in [1.29, 1.82) is 0 Å². The third-order valence-electron chi connectivity index (χ3n) is 4.34. The first-order valence-corrected chi connectivity index (χ1v) is 9.85. The molecule has 10 heteroatoms. The van der Waals surface area contributed by atoms with Crippen molar-refractivity contribution in [2.75, 3.05) is 0 Å². The molecule has 2 N–H and O–H groups in total. The Morgan fingerprint density at radius 1 is 0.667 bits per heavy atom. The number of sulfonamides is 1. The summed E-state index contributed by atoms with van der Waals surface area (Å²) in [5.41, 5.74) is -3.62. The zero-order valence-corrected chi connectivity index (χ0v) is 15.7. The third-order valence-corrected chi connectivity index (χ3v) is 5.29. The van der Waals surface area contributed by atoms with Gasteiger partial charge in [0.1, 0.15) is 0 Å². The van der Waals surface area contributed by atoms with Crippen LogP contribution >= 0.6 is 0 Å². The summed E-state index contributed by atoms with van der Waals surface area (Å²) in [5.74, 6) is 0. The van der Waals surface area contributed by atoms with Gasteiger partial charge in [-0.15, -0.1) is 0 Å². The molecule has 0 radical (unpaired) electrons. The van der Waals surface area contributed by atoms with Gasteiger partial charge in [0.2, 0.25) is 10.0 Å². The van der Waals surface area contributed by atoms with Crippen molar-refractivity contribution in [3.8, 4) is 22.3 Å². The average Bonchev–Trinajstić information content (AvgIpc) is 2.65. The lowest BCUT2D eigenvalue weighted by molar-refractivity contribution is -0.162. The Hall–Kier alpha value is -2.85. The predicted molar refractivity (Wildman–Crippen MR) is 98.7 cm³/mol. The zero-order chi connectivity index (χ0) is 22.3. The minimum Gasteiger partial charge on any atom is -0.225 e. The molecule has 158 valence electrons. The number of hydrogen-bond donors (Lipinski definition) is 1. The summed E-state index contributed by atoms with van der Waals surface area (Å²) < 4.78 is 103. The summed E-state index contributed by atoms with van der Waals surface area (Å²) in [6.45, 7) is 0. The molecule has 0 saturated carbocycles. The van der Waals surface area contributed by atoms with Crippen LogP contribution in [-0.2, 0) is 22.4 Å². The monoisotopic (exact) mass is 445 g/mol. The van der Waals surface area contributed by atoms with Gasteiger partial charge in [-0.2, -0.15) is 26.3 Å². The molecule has 3 aromatic carbocycles. The number of rotatable bonds is 3. The fourth-order valence-corrected chi connectivity index (χ4v) is 3.89. The Morgan fingerprint density at radius 2 is 1.27 bits per heavy atom. The first kappa shape index (κ1) is 21.8. The Bertz CT molecular complexity index is 1190. The van der Waals surface area contributed by atoms with Crippen molar-refractivity contribution in [3.05, 3.63) is 77.9 Å². The second-order valence-electron chi connectivity index (χ2n) is 6.35. The van der Waals surface area contributed by atoms with Crippen molar-refractivity contribution in [2.45, 2.75) is 17.2 Å². The summed E-state index contributed by atoms with van der Waals surface area (Å²) in [6.07, 6.45) is -10.5. The molecule has 0 amide bonds. The first-order chi connectivity index (χ1) is 13.8. The maximum absolute atomic E-state index is 13.4. The number of alkyl halides is 6. The highest BCUT2D eigenvalue weighted by Gasteiger charge is 2.43. The molecule has 0 aromatic heterocycles. The highest BCUT2D eigenvalue weighted by Crippen LogP contribution is 2.44. The lowest BCUT2D eigenvalue weighted by Crippen LogP contribution is -2.16. The molecule has 0 heterocycles. The van der Waals surface area contributed by atoms with Crippen LogP contribution < -0.4 is 5.14 Å². The lowest BCUT2D eigenvalue weighted by atomic mass is 9.92. The maximum Gasteiger partial charge on any atom is 0.417 e. The minimum absolute atomic E-state index is 0.00603. The standard InChI is InChI=1S/C20H13F6NO2S/c21-19(22,23)15-10-9-13(11-16(15)20(24,25)26)14-7-4-8-17(30(27,28)29)18(14)12-5-2-1-3-6-12/h1-11H,(H2,27,28,29). The SMILES string of the molecule is NS(=O)(=O)c1cccc(-c2ccc(C(F)(F)F)c(C(F)(F)F)c2)c1-c1ccccc1. The number of halogens is 6. The molecule has 3 nitrogen and oxygen atoms in total. The highest BCUT2D eigenvalue weighted by atomic mass is 32.2. The Balaban J connectivity index is 2.37. The second-order valence-corrected chi connectivity index (χ2v) is 7.88. The molecule has 3 rings (SSSR count). The minimum atomic E-state index is -5.27. The zero-order valence-electron chi connectivity index (χ0n) is 14.9. The van der Waals surface area contributed by atoms with Gasteiger partial charge in [0, 0.05) is 5.56 Å². The molecule has 0 fully saturated rings. The van der Waals surface area contributed by atoms with Crippen LogP contribution in [0.25, 0.3) is 22.3 Å². The van der Waals surface area contributed by atoms with E-state index >= 15 is 0 Å². The van der Waals surface area contributed by atoms with Gasteiger partial charge >= 0.3 is 12.4 Å². The number of primary sulfonamides is 1. The summed E-state index contributed by atoms with van der Waals surface area (Å²) in [5, 5.41) is 5.27. The topological polar surface area (TPSA) is 60.2 Å². The summed E-state index contributed by atoms with van der Waals surface area (Å²) in [7, 11) is -4.28. The molecule has 0 aliphatic heterocycles. The van der Waals surface area contributed by atoms with Crippen molar-refractivity contribution < 1.29 is 34.8 Å². The van der Waals surface area contributed by atoms with Crippen LogP contribution in [0.4, 0.5) is 26.3 Å². The van der Waals surface area contributed by atoms with Gasteiger partial charge in [0.15, 0.2) is 0 Å². The van der Waals surface area contributed by atoms with Crippen molar-refractivity contribution in [1.82, 2.24) is 0 Å². The lowest BCUT2D eigenvalue weighted by Gasteiger charge is -2.19. The van der Waals surface area contributed by atoms with E-state index in [0.29, 0.717) is 17.7 Å². The molecular formula is C20H13F6NO2S. The molecule has 0 aliphatic rings. The summed E-state index contributed by atoms with van der Waals surface area (Å²) >= 11 is 0. The van der Waals surface area contributed by atoms with E-state index in [2.05, 4.69) is 0 Å². The molecule has 0 saturated heterocycles. The molecule has 0 unspecified atom stereocenters. The normalized spacial score (nSPS) is 12.8. The van der Waals surface area contributed by atoms with Gasteiger partial charge in [-0.1, -0.05) is 48.5 Å². The van der Waals surface area contributed by atoms with E-state index in [9.17, 15) is 34.8 Å². The predicted octanol–water partition coefficient (Wildman–Crippen LogP) is 5.71. The summed E-state index contributed by atoms with van der Waals surface area (Å²) in [4.78, 5) is -0.361. The molecule has 3 aromatic rings. The van der Waals surface area contributed by atoms with Crippen molar-refractivity contribution >= 4 is 10.0 Å². The van der Waals surface area contributed by atoms with E-state index in [1.165, 1.54) is 30.3 Å². The molecule has 0 spiro atoms. The van der Waals surface area contributed by atoms with Crippen molar-refractivity contribution in [2.24, 2.45) is 5.14 Å². The van der Waals surface area contributed by atoms with Crippen LogP contribution in [0.15, 0.2) is 71.6 Å². The highest BCUT2D eigenvalue weighted by molar-refractivity contribution is 7.89. The number of hydrogen-bond acceptors (Lipinski definition) is 2. The van der Waals surface area contributed by atoms with Crippen LogP contribution in [-0.4, -0.2) is 8.42 Å². The van der Waals surface area contributed by atoms with Crippen LogP contribution in [0.1, 0.15) is 11.1 Å². The molecule has 30 heavy (non-hydrogen) atoms. The van der Waals surface area contributed by atoms with Gasteiger partial charge < -0.3 is 0 Å². The Morgan fingerprint density at radius 3 is 1.80 bits per heavy atom. The van der Waals surface area contributed by atoms with Crippen LogP contribution in [0.5, 0.6) is 0 Å². The maximum atomic E-state index is 13.4. The number of nitrogens with two attached hydrogens (primary N) is 1. The number of benzene rings is 3. The van der Waals surface area contributed by atoms with E-state index in [4.69, 9.17) is 5.14 Å². The van der Waals surface area contributed by atoms with E-state index < -0.39 is 33.5 Å². The van der Waals surface area contributed by atoms with Crippen molar-refractivity contribution in [3.63, 3.8) is 0 Å². The Kier molecular flexibility index (Phi) is 5.42. The van der Waals surface area contributed by atoms with Crippen LogP contribution in [0.3, 0.4) is 0 Å². The summed E-state index contributed by atoms with van der Waals surface area (Å²) in [6, 6.07) is 13.1. The van der Waals surface area contributed by atoms with E-state index in [1.54, 1.807) is 18.2 Å². The van der Waals surface area contributed by atoms with Gasteiger partial charge in [-0.3, -0.25) is 0 Å². The third kappa shape index (κ3) is 4.34. The fourth-order valence-electron chi connectivity index (χ4n) is 3.10. The smallest absolute Gasteiger partial charge is 0.225 e. The first-order valence-electron chi connectivity index (χ1n) is 8.30. The van der Waals surface area contributed by atoms with E-state index in [0.717, 1.165) is 6.07 Å². The Labute approximate surface area is 167 Å². The van der Waals surface area contributed by atoms with Gasteiger partial charge in [-0.25, -0.2) is 13.6 Å². The largest absolute Gasteiger partial charge is 0.417 e. The average molecular weight is 445 g/mol. The second kappa shape index (κ2) is 7.44. The quantitative estimate of drug-likeness (QED) is 0.526. The van der Waals surface area contributed by atoms with Crippen LogP contribution in [0, 0.1) is 0 Å². The van der Waals surface area contributed by atoms with Crippen LogP contribution in [0.2, 0.25) is 0 Å². The van der Waals surface area contributed by atoms with E-state index in [1.807, 2.05) is 0 Å². The molecular weight excluding hydrogens is 432 g/mol. The molecule has 0 aliphatic carbocycles. The van der Waals surface area contributed by atoms with Gasteiger partial charge in [0.05, 0.1) is 16.0 Å². The van der Waals surface area contributed by atoms with Gasteiger partial charge in [-0.05, 0) is 34.9 Å². The van der Waals surface area contributed by atoms with E-state index in [-0.39, 0.29) is 21.6 Å². The van der Waals surface area contributed by atoms with Gasteiger partial charge in [0.25, 0.3) is 0 Å². The molecule has 0 bridgehead atoms. The molecule has 0 atom stereocenters.